The van der Waals surface area contributed by atoms with Gasteiger partial charge in [0.05, 0.1) is 10.6 Å². The molecule has 0 unspecified atom stereocenters. The van der Waals surface area contributed by atoms with Gasteiger partial charge in [-0.05, 0) is 58.7 Å². The van der Waals surface area contributed by atoms with E-state index in [2.05, 4.69) is 36.6 Å². The number of hydrogen-bond acceptors (Lipinski definition) is 3. The Morgan fingerprint density at radius 1 is 1.10 bits per heavy atom. The molecule has 0 radical (unpaired) electrons. The molecule has 0 spiro atoms. The molecule has 2 rings (SSSR count). The van der Waals surface area contributed by atoms with Crippen molar-refractivity contribution in [1.29, 1.82) is 0 Å². The number of benzene rings is 2. The Hall–Kier alpha value is -1.05. The molecule has 0 amide bonds. The molecule has 0 aliphatic heterocycles. The molecule has 0 aliphatic rings. The molecule has 4 nitrogen and oxygen atoms in total. The molecule has 2 aromatic rings. The zero-order valence-electron chi connectivity index (χ0n) is 10.5. The van der Waals surface area contributed by atoms with Crippen LogP contribution in [0, 0.1) is 6.92 Å². The molecule has 0 atom stereocenters. The molecular weight excluding hydrogens is 408 g/mol. The van der Waals surface area contributed by atoms with Crippen LogP contribution in [0.2, 0.25) is 0 Å². The highest BCUT2D eigenvalue weighted by atomic mass is 79.9. The van der Waals surface area contributed by atoms with E-state index in [9.17, 15) is 8.42 Å². The number of nitrogens with one attached hydrogen (secondary N) is 1. The van der Waals surface area contributed by atoms with Crippen LogP contribution in [-0.2, 0) is 10.0 Å². The van der Waals surface area contributed by atoms with Gasteiger partial charge in [-0.3, -0.25) is 4.72 Å². The first-order valence-electron chi connectivity index (χ1n) is 5.63. The van der Waals surface area contributed by atoms with Crippen molar-refractivity contribution < 1.29 is 8.42 Å². The summed E-state index contributed by atoms with van der Waals surface area (Å²) in [6.45, 7) is 1.83. The topological polar surface area (TPSA) is 72.2 Å². The van der Waals surface area contributed by atoms with Crippen molar-refractivity contribution >= 4 is 53.3 Å². The summed E-state index contributed by atoms with van der Waals surface area (Å²) in [7, 11) is -3.66. The van der Waals surface area contributed by atoms with E-state index in [0.717, 1.165) is 10.0 Å². The minimum absolute atomic E-state index is 0.123. The lowest BCUT2D eigenvalue weighted by Crippen LogP contribution is -2.14. The Morgan fingerprint density at radius 2 is 1.80 bits per heavy atom. The van der Waals surface area contributed by atoms with E-state index >= 15 is 0 Å². The quantitative estimate of drug-likeness (QED) is 0.741. The van der Waals surface area contributed by atoms with E-state index in [1.165, 1.54) is 12.1 Å². The van der Waals surface area contributed by atoms with Crippen LogP contribution in [0.1, 0.15) is 5.56 Å². The van der Waals surface area contributed by atoms with E-state index in [1.54, 1.807) is 12.1 Å². The van der Waals surface area contributed by atoms with Gasteiger partial charge in [0.2, 0.25) is 0 Å². The zero-order chi connectivity index (χ0) is 14.9. The summed E-state index contributed by atoms with van der Waals surface area (Å²) in [5.41, 5.74) is 7.46. The van der Waals surface area contributed by atoms with Gasteiger partial charge in [-0.25, -0.2) is 8.42 Å². The average molecular weight is 420 g/mol. The van der Waals surface area contributed by atoms with Gasteiger partial charge in [0.15, 0.2) is 0 Å². The lowest BCUT2D eigenvalue weighted by molar-refractivity contribution is 0.601. The normalized spacial score (nSPS) is 11.3. The standard InChI is InChI=1S/C13H12Br2N2O2S/c1-8-2-3-9(14)6-13(8)17-20(18,19)10-4-5-11(15)12(16)7-10/h2-7,17H,16H2,1H3. The van der Waals surface area contributed by atoms with E-state index in [1.807, 2.05) is 19.1 Å². The number of aryl methyl sites for hydroxylation is 1. The predicted molar refractivity (Wildman–Crippen MR) is 88.2 cm³/mol. The second kappa shape index (κ2) is 5.75. The number of halogens is 2. The van der Waals surface area contributed by atoms with Crippen LogP contribution < -0.4 is 10.5 Å². The van der Waals surface area contributed by atoms with Crippen LogP contribution in [0.4, 0.5) is 11.4 Å². The summed E-state index contributed by atoms with van der Waals surface area (Å²) in [6.07, 6.45) is 0. The maximum Gasteiger partial charge on any atom is 0.261 e. The molecule has 0 bridgehead atoms. The third-order valence-corrected chi connectivity index (χ3v) is 5.30. The van der Waals surface area contributed by atoms with E-state index < -0.39 is 10.0 Å². The Labute approximate surface area is 134 Å². The zero-order valence-corrected chi connectivity index (χ0v) is 14.5. The number of nitrogens with two attached hydrogens (primary N) is 1. The van der Waals surface area contributed by atoms with Crippen molar-refractivity contribution in [2.45, 2.75) is 11.8 Å². The first-order valence-corrected chi connectivity index (χ1v) is 8.70. The van der Waals surface area contributed by atoms with E-state index in [4.69, 9.17) is 5.73 Å². The van der Waals surface area contributed by atoms with Gasteiger partial charge in [0.25, 0.3) is 10.0 Å². The Morgan fingerprint density at radius 3 is 2.45 bits per heavy atom. The fourth-order valence-corrected chi connectivity index (χ4v) is 3.36. The van der Waals surface area contributed by atoms with Crippen molar-refractivity contribution in [3.8, 4) is 0 Å². The molecule has 0 aliphatic carbocycles. The third-order valence-electron chi connectivity index (χ3n) is 2.72. The SMILES string of the molecule is Cc1ccc(Br)cc1NS(=O)(=O)c1ccc(Br)c(N)c1. The van der Waals surface area contributed by atoms with Crippen molar-refractivity contribution in [3.05, 3.63) is 50.9 Å². The Bertz CT molecular complexity index is 761. The molecule has 106 valence electrons. The van der Waals surface area contributed by atoms with Crippen LogP contribution in [-0.4, -0.2) is 8.42 Å². The smallest absolute Gasteiger partial charge is 0.261 e. The first kappa shape index (κ1) is 15.3. The molecule has 20 heavy (non-hydrogen) atoms. The van der Waals surface area contributed by atoms with E-state index in [0.29, 0.717) is 15.8 Å². The van der Waals surface area contributed by atoms with Crippen LogP contribution in [0.25, 0.3) is 0 Å². The summed E-state index contributed by atoms with van der Waals surface area (Å²) in [6, 6.07) is 9.92. The highest BCUT2D eigenvalue weighted by Gasteiger charge is 2.16. The first-order chi connectivity index (χ1) is 9.29. The maximum atomic E-state index is 12.3. The molecule has 0 fully saturated rings. The van der Waals surface area contributed by atoms with Crippen LogP contribution in [0.15, 0.2) is 50.2 Å². The van der Waals surface area contributed by atoms with Crippen molar-refractivity contribution in [3.63, 3.8) is 0 Å². The summed E-state index contributed by atoms with van der Waals surface area (Å²) >= 11 is 6.56. The largest absolute Gasteiger partial charge is 0.398 e. The molecule has 0 saturated heterocycles. The number of rotatable bonds is 3. The van der Waals surface area contributed by atoms with E-state index in [-0.39, 0.29) is 4.90 Å². The highest BCUT2D eigenvalue weighted by molar-refractivity contribution is 9.10. The minimum atomic E-state index is -3.66. The molecule has 2 aromatic carbocycles. The summed E-state index contributed by atoms with van der Waals surface area (Å²) in [4.78, 5) is 0.123. The fourth-order valence-electron chi connectivity index (χ4n) is 1.60. The minimum Gasteiger partial charge on any atom is -0.398 e. The molecule has 0 saturated carbocycles. The summed E-state index contributed by atoms with van der Waals surface area (Å²) in [5.74, 6) is 0. The summed E-state index contributed by atoms with van der Waals surface area (Å²) in [5, 5.41) is 0. The average Bonchev–Trinajstić information content (AvgIpc) is 2.36. The number of hydrogen-bond donors (Lipinski definition) is 2. The maximum absolute atomic E-state index is 12.3. The lowest BCUT2D eigenvalue weighted by atomic mass is 10.2. The van der Waals surface area contributed by atoms with Crippen molar-refractivity contribution in [2.75, 3.05) is 10.5 Å². The van der Waals surface area contributed by atoms with Gasteiger partial charge in [0.1, 0.15) is 0 Å². The van der Waals surface area contributed by atoms with Crippen LogP contribution in [0.5, 0.6) is 0 Å². The fraction of sp³-hybridized carbons (Fsp3) is 0.0769. The number of sulfonamides is 1. The van der Waals surface area contributed by atoms with Crippen LogP contribution >= 0.6 is 31.9 Å². The second-order valence-electron chi connectivity index (χ2n) is 4.25. The summed E-state index contributed by atoms with van der Waals surface area (Å²) < 4.78 is 28.7. The molecular formula is C13H12Br2N2O2S. The third kappa shape index (κ3) is 3.34. The molecule has 3 N–H and O–H groups in total. The highest BCUT2D eigenvalue weighted by Crippen LogP contribution is 2.26. The molecule has 0 heterocycles. The lowest BCUT2D eigenvalue weighted by Gasteiger charge is -2.11. The van der Waals surface area contributed by atoms with Gasteiger partial charge in [-0.1, -0.05) is 22.0 Å². The number of nitrogen functional groups attached to an aromatic ring is 1. The Kier molecular flexibility index (Phi) is 4.41. The monoisotopic (exact) mass is 418 g/mol. The van der Waals surface area contributed by atoms with Crippen molar-refractivity contribution in [1.82, 2.24) is 0 Å². The molecule has 0 aromatic heterocycles. The second-order valence-corrected chi connectivity index (χ2v) is 7.70. The van der Waals surface area contributed by atoms with Gasteiger partial charge < -0.3 is 5.73 Å². The molecule has 7 heteroatoms. The van der Waals surface area contributed by atoms with Gasteiger partial charge in [0, 0.05) is 14.6 Å². The predicted octanol–water partition coefficient (Wildman–Crippen LogP) is 3.90. The number of anilines is 2. The van der Waals surface area contributed by atoms with Gasteiger partial charge >= 0.3 is 0 Å². The van der Waals surface area contributed by atoms with Crippen LogP contribution in [0.3, 0.4) is 0 Å². The van der Waals surface area contributed by atoms with Crippen molar-refractivity contribution in [2.24, 2.45) is 0 Å². The Balaban J connectivity index is 2.40. The van der Waals surface area contributed by atoms with Gasteiger partial charge in [-0.15, -0.1) is 0 Å². The van der Waals surface area contributed by atoms with Gasteiger partial charge in [-0.2, -0.15) is 0 Å².